The number of ether oxygens (including phenoxy) is 1. The monoisotopic (exact) mass is 244 g/mol. The van der Waals surface area contributed by atoms with Crippen LogP contribution in [0.4, 0.5) is 0 Å². The summed E-state index contributed by atoms with van der Waals surface area (Å²) >= 11 is 0. The van der Waals surface area contributed by atoms with Crippen molar-refractivity contribution in [3.63, 3.8) is 0 Å². The van der Waals surface area contributed by atoms with Crippen LogP contribution in [0.25, 0.3) is 0 Å². The molecule has 0 aromatic heterocycles. The summed E-state index contributed by atoms with van der Waals surface area (Å²) in [5.74, 6) is -0.567. The van der Waals surface area contributed by atoms with Gasteiger partial charge in [-0.15, -0.1) is 0 Å². The maximum absolute atomic E-state index is 9.94. The predicted molar refractivity (Wildman–Crippen MR) is 32.3 cm³/mol. The molecule has 0 rings (SSSR count). The van der Waals surface area contributed by atoms with Crippen molar-refractivity contribution in [1.82, 2.24) is 0 Å². The second kappa shape index (κ2) is 8.00. The normalized spacial score (nSPS) is 7.25. The zero-order valence-corrected chi connectivity index (χ0v) is 4.18. The topological polar surface area (TPSA) is 46.5 Å². The average molecular weight is 243 g/mol. The van der Waals surface area contributed by atoms with Crippen LogP contribution >= 0.6 is 0 Å². The standard InChI is InChI=1S/C4H8O3.Ba.2H/c1-2-7-4(6)3-5;;;/h5H,2-3H2,1H3;;;. The molecular weight excluding hydrogens is 233 g/mol. The molecule has 0 aromatic rings. The fourth-order valence-corrected chi connectivity index (χ4v) is 0.207. The number of aliphatic hydroxyl groups is 1. The quantitative estimate of drug-likeness (QED) is 0.481. The van der Waals surface area contributed by atoms with Gasteiger partial charge in [0.1, 0.15) is 6.61 Å². The van der Waals surface area contributed by atoms with Crippen molar-refractivity contribution in [2.75, 3.05) is 13.2 Å². The zero-order valence-electron chi connectivity index (χ0n) is 4.18. The number of hydrogen-bond acceptors (Lipinski definition) is 3. The number of rotatable bonds is 2. The molecule has 0 aliphatic rings. The molecule has 4 heteroatoms. The van der Waals surface area contributed by atoms with Gasteiger partial charge in [0.15, 0.2) is 0 Å². The Kier molecular flexibility index (Phi) is 11.8. The van der Waals surface area contributed by atoms with Gasteiger partial charge >= 0.3 is 54.9 Å². The van der Waals surface area contributed by atoms with Gasteiger partial charge in [-0.2, -0.15) is 0 Å². The summed E-state index contributed by atoms with van der Waals surface area (Å²) in [7, 11) is 0. The summed E-state index contributed by atoms with van der Waals surface area (Å²) in [6, 6.07) is 0. The number of carbonyl (C=O) groups is 1. The van der Waals surface area contributed by atoms with Crippen molar-refractivity contribution >= 4 is 54.9 Å². The molecule has 0 aromatic carbocycles. The first kappa shape index (κ1) is 11.8. The van der Waals surface area contributed by atoms with Crippen LogP contribution in [0.15, 0.2) is 0 Å². The molecule has 0 saturated carbocycles. The molecule has 0 amide bonds. The Balaban J connectivity index is 0. The summed E-state index contributed by atoms with van der Waals surface area (Å²) in [4.78, 5) is 9.94. The Labute approximate surface area is 88.5 Å². The summed E-state index contributed by atoms with van der Waals surface area (Å²) in [6.45, 7) is 1.50. The van der Waals surface area contributed by atoms with E-state index in [1.54, 1.807) is 6.92 Å². The van der Waals surface area contributed by atoms with Crippen LogP contribution in [0, 0.1) is 0 Å². The van der Waals surface area contributed by atoms with E-state index in [-0.39, 0.29) is 48.9 Å². The van der Waals surface area contributed by atoms with E-state index in [1.165, 1.54) is 0 Å². The Hall–Kier alpha value is 1.00. The van der Waals surface area contributed by atoms with Crippen molar-refractivity contribution in [3.8, 4) is 0 Å². The van der Waals surface area contributed by atoms with E-state index in [0.717, 1.165) is 0 Å². The van der Waals surface area contributed by atoms with E-state index in [2.05, 4.69) is 4.74 Å². The zero-order chi connectivity index (χ0) is 5.70. The van der Waals surface area contributed by atoms with Crippen LogP contribution in [-0.4, -0.2) is 73.2 Å². The minimum absolute atomic E-state index is 0. The molecule has 0 aliphatic carbocycles. The van der Waals surface area contributed by atoms with E-state index >= 15 is 0 Å². The Morgan fingerprint density at radius 1 is 1.75 bits per heavy atom. The molecule has 1 N–H and O–H groups in total. The SMILES string of the molecule is CCOC(=O)CO.[BaH2]. The van der Waals surface area contributed by atoms with Crippen LogP contribution < -0.4 is 0 Å². The number of carbonyl (C=O) groups excluding carboxylic acids is 1. The van der Waals surface area contributed by atoms with Gasteiger partial charge in [-0.25, -0.2) is 4.79 Å². The van der Waals surface area contributed by atoms with Crippen molar-refractivity contribution in [2.24, 2.45) is 0 Å². The Bertz CT molecular complexity index is 64.3. The van der Waals surface area contributed by atoms with Crippen LogP contribution in [0.2, 0.25) is 0 Å². The van der Waals surface area contributed by atoms with E-state index in [4.69, 9.17) is 5.11 Å². The number of aliphatic hydroxyl groups excluding tert-OH is 1. The van der Waals surface area contributed by atoms with Crippen LogP contribution in [0.1, 0.15) is 6.92 Å². The van der Waals surface area contributed by atoms with E-state index in [0.29, 0.717) is 6.61 Å². The average Bonchev–Trinajstić information content (AvgIpc) is 1.68. The first-order valence-corrected chi connectivity index (χ1v) is 2.07. The van der Waals surface area contributed by atoms with E-state index < -0.39 is 12.6 Å². The molecule has 0 spiro atoms. The number of esters is 1. The molecular formula is C4H10BaO3. The molecule has 0 heterocycles. The van der Waals surface area contributed by atoms with Crippen molar-refractivity contribution < 1.29 is 14.6 Å². The predicted octanol–water partition coefficient (Wildman–Crippen LogP) is -1.37. The number of hydrogen-bond donors (Lipinski definition) is 1. The molecule has 0 atom stereocenters. The second-order valence-electron chi connectivity index (χ2n) is 0.963. The van der Waals surface area contributed by atoms with Gasteiger partial charge < -0.3 is 9.84 Å². The van der Waals surface area contributed by atoms with Gasteiger partial charge in [0, 0.05) is 0 Å². The van der Waals surface area contributed by atoms with Crippen LogP contribution in [0.5, 0.6) is 0 Å². The van der Waals surface area contributed by atoms with Gasteiger partial charge in [0.05, 0.1) is 6.61 Å². The van der Waals surface area contributed by atoms with Gasteiger partial charge in [0.25, 0.3) is 0 Å². The third kappa shape index (κ3) is 7.00. The third-order valence-electron chi connectivity index (χ3n) is 0.434. The van der Waals surface area contributed by atoms with Gasteiger partial charge in [-0.1, -0.05) is 0 Å². The van der Waals surface area contributed by atoms with E-state index in [9.17, 15) is 4.79 Å². The fraction of sp³-hybridized carbons (Fsp3) is 0.750. The summed E-state index contributed by atoms with van der Waals surface area (Å²) in [5.41, 5.74) is 0. The third-order valence-corrected chi connectivity index (χ3v) is 0.434. The van der Waals surface area contributed by atoms with Gasteiger partial charge in [-0.05, 0) is 6.92 Å². The van der Waals surface area contributed by atoms with Crippen LogP contribution in [-0.2, 0) is 9.53 Å². The minimum atomic E-state index is -0.567. The first-order chi connectivity index (χ1) is 3.31. The Morgan fingerprint density at radius 2 is 2.25 bits per heavy atom. The molecule has 0 radical (unpaired) electrons. The van der Waals surface area contributed by atoms with Gasteiger partial charge in [-0.3, -0.25) is 0 Å². The molecule has 0 unspecified atom stereocenters. The summed E-state index contributed by atoms with van der Waals surface area (Å²) in [6.07, 6.45) is 0. The molecule has 46 valence electrons. The maximum atomic E-state index is 9.94. The summed E-state index contributed by atoms with van der Waals surface area (Å²) in [5, 5.41) is 7.99. The van der Waals surface area contributed by atoms with Gasteiger partial charge in [0.2, 0.25) is 0 Å². The Morgan fingerprint density at radius 3 is 2.38 bits per heavy atom. The van der Waals surface area contributed by atoms with E-state index in [1.807, 2.05) is 0 Å². The molecule has 8 heavy (non-hydrogen) atoms. The first-order valence-electron chi connectivity index (χ1n) is 2.07. The fourth-order valence-electron chi connectivity index (χ4n) is 0.207. The van der Waals surface area contributed by atoms with Crippen molar-refractivity contribution in [2.45, 2.75) is 6.92 Å². The molecule has 0 aliphatic heterocycles. The van der Waals surface area contributed by atoms with Crippen molar-refractivity contribution in [3.05, 3.63) is 0 Å². The molecule has 3 nitrogen and oxygen atoms in total. The van der Waals surface area contributed by atoms with Crippen LogP contribution in [0.3, 0.4) is 0 Å². The summed E-state index contributed by atoms with van der Waals surface area (Å²) < 4.78 is 4.30. The van der Waals surface area contributed by atoms with Crippen molar-refractivity contribution in [1.29, 1.82) is 0 Å². The molecule has 0 bridgehead atoms. The second-order valence-corrected chi connectivity index (χ2v) is 0.963. The molecule has 0 saturated heterocycles. The molecule has 0 fully saturated rings.